The molecule has 18 heavy (non-hydrogen) atoms. The van der Waals surface area contributed by atoms with Gasteiger partial charge in [0.15, 0.2) is 6.17 Å². The normalized spacial score (nSPS) is 18.1. The summed E-state index contributed by atoms with van der Waals surface area (Å²) in [5.41, 5.74) is 6.05. The lowest BCUT2D eigenvalue weighted by atomic mass is 10.3. The Kier molecular flexibility index (Phi) is 4.03. The van der Waals surface area contributed by atoms with Crippen LogP contribution in [0.2, 0.25) is 0 Å². The molecule has 0 saturated heterocycles. The van der Waals surface area contributed by atoms with Crippen LogP contribution in [0.25, 0.3) is 10.9 Å². The Morgan fingerprint density at radius 3 is 2.83 bits per heavy atom. The molecule has 1 aromatic carbocycles. The molecule has 1 amide bonds. The first-order valence-corrected chi connectivity index (χ1v) is 5.70. The lowest BCUT2D eigenvalue weighted by Gasteiger charge is -2.13. The van der Waals surface area contributed by atoms with Crippen molar-refractivity contribution in [1.29, 1.82) is 0 Å². The van der Waals surface area contributed by atoms with Crippen LogP contribution < -0.4 is 11.1 Å². The predicted octanol–water partition coefficient (Wildman–Crippen LogP) is 0.425. The van der Waals surface area contributed by atoms with E-state index in [1.165, 1.54) is 0 Å². The number of benzene rings is 1. The third kappa shape index (κ3) is 3.14. The van der Waals surface area contributed by atoms with E-state index in [9.17, 15) is 4.79 Å². The molecule has 3 rings (SSSR count). The number of hydrogen-bond acceptors (Lipinski definition) is 4. The number of amides is 1. The molecule has 0 radical (unpaired) electrons. The predicted molar refractivity (Wildman–Crippen MR) is 70.2 cm³/mol. The SMILES string of the molecule is NC(=O)C1N=CCCN1.c1ccc2[nH]ncc2c1. The summed E-state index contributed by atoms with van der Waals surface area (Å²) in [4.78, 5) is 14.2. The fraction of sp³-hybridized carbons (Fsp3) is 0.250. The molecule has 6 nitrogen and oxygen atoms in total. The van der Waals surface area contributed by atoms with Crippen LogP contribution >= 0.6 is 0 Å². The Labute approximate surface area is 104 Å². The van der Waals surface area contributed by atoms with Crippen LogP contribution in [0.1, 0.15) is 6.42 Å². The fourth-order valence-corrected chi connectivity index (χ4v) is 1.57. The summed E-state index contributed by atoms with van der Waals surface area (Å²) in [6.07, 6.45) is 3.92. The number of nitrogens with two attached hydrogens (primary N) is 1. The third-order valence-corrected chi connectivity index (χ3v) is 2.48. The van der Waals surface area contributed by atoms with Crippen LogP contribution in [0.3, 0.4) is 0 Å². The molecule has 0 aliphatic carbocycles. The number of aromatic nitrogens is 2. The van der Waals surface area contributed by atoms with E-state index in [0.29, 0.717) is 0 Å². The molecule has 94 valence electrons. The van der Waals surface area contributed by atoms with E-state index in [2.05, 4.69) is 20.5 Å². The van der Waals surface area contributed by atoms with Gasteiger partial charge in [-0.3, -0.25) is 20.2 Å². The van der Waals surface area contributed by atoms with Crippen LogP contribution in [-0.4, -0.2) is 35.0 Å². The quantitative estimate of drug-likeness (QED) is 0.679. The van der Waals surface area contributed by atoms with E-state index < -0.39 is 12.1 Å². The maximum atomic E-state index is 10.4. The zero-order valence-electron chi connectivity index (χ0n) is 9.84. The molecule has 0 bridgehead atoms. The summed E-state index contributed by atoms with van der Waals surface area (Å²) in [5, 5.41) is 10.8. The summed E-state index contributed by atoms with van der Waals surface area (Å²) in [6, 6.07) is 8.01. The molecule has 4 N–H and O–H groups in total. The summed E-state index contributed by atoms with van der Waals surface area (Å²) >= 11 is 0. The molecule has 1 unspecified atom stereocenters. The van der Waals surface area contributed by atoms with Crippen molar-refractivity contribution >= 4 is 23.0 Å². The molecule has 1 aromatic heterocycles. The van der Waals surface area contributed by atoms with Gasteiger partial charge in [0.25, 0.3) is 5.91 Å². The summed E-state index contributed by atoms with van der Waals surface area (Å²) in [6.45, 7) is 0.789. The number of para-hydroxylation sites is 1. The van der Waals surface area contributed by atoms with Crippen LogP contribution in [0, 0.1) is 0 Å². The van der Waals surface area contributed by atoms with Crippen molar-refractivity contribution in [3.8, 4) is 0 Å². The van der Waals surface area contributed by atoms with Gasteiger partial charge in [-0.2, -0.15) is 5.10 Å². The molecule has 1 aliphatic heterocycles. The average Bonchev–Trinajstić information content (AvgIpc) is 2.89. The smallest absolute Gasteiger partial charge is 0.256 e. The van der Waals surface area contributed by atoms with Gasteiger partial charge in [0.1, 0.15) is 0 Å². The zero-order chi connectivity index (χ0) is 12.8. The summed E-state index contributed by atoms with van der Waals surface area (Å²) in [7, 11) is 0. The van der Waals surface area contributed by atoms with Crippen molar-refractivity contribution in [1.82, 2.24) is 15.5 Å². The Bertz CT molecular complexity index is 518. The highest BCUT2D eigenvalue weighted by atomic mass is 16.1. The molecule has 2 heterocycles. The number of hydrogen-bond donors (Lipinski definition) is 3. The first-order valence-electron chi connectivity index (χ1n) is 5.70. The second-order valence-corrected chi connectivity index (χ2v) is 3.84. The number of nitrogens with zero attached hydrogens (tertiary/aromatic N) is 2. The van der Waals surface area contributed by atoms with Crippen molar-refractivity contribution in [3.05, 3.63) is 30.5 Å². The Morgan fingerprint density at radius 1 is 1.39 bits per heavy atom. The highest BCUT2D eigenvalue weighted by Crippen LogP contribution is 2.06. The molecular formula is C12H15N5O. The van der Waals surface area contributed by atoms with Crippen LogP contribution in [0.15, 0.2) is 35.5 Å². The molecule has 1 aliphatic rings. The molecular weight excluding hydrogens is 230 g/mol. The van der Waals surface area contributed by atoms with E-state index in [1.807, 2.05) is 30.5 Å². The first kappa shape index (κ1) is 12.3. The minimum atomic E-state index is -0.487. The van der Waals surface area contributed by atoms with Gasteiger partial charge in [0.2, 0.25) is 0 Å². The summed E-state index contributed by atoms with van der Waals surface area (Å²) < 4.78 is 0. The zero-order valence-corrected chi connectivity index (χ0v) is 9.84. The lowest BCUT2D eigenvalue weighted by Crippen LogP contribution is -2.42. The van der Waals surface area contributed by atoms with Crippen LogP contribution in [0.4, 0.5) is 0 Å². The Morgan fingerprint density at radius 2 is 2.22 bits per heavy atom. The van der Waals surface area contributed by atoms with E-state index >= 15 is 0 Å². The molecule has 0 saturated carbocycles. The number of fused-ring (bicyclic) bond motifs is 1. The van der Waals surface area contributed by atoms with Gasteiger partial charge in [0.05, 0.1) is 11.7 Å². The van der Waals surface area contributed by atoms with Gasteiger partial charge >= 0.3 is 0 Å². The topological polar surface area (TPSA) is 96.2 Å². The maximum absolute atomic E-state index is 10.4. The Hall–Kier alpha value is -2.21. The molecule has 0 spiro atoms. The highest BCUT2D eigenvalue weighted by molar-refractivity contribution is 5.81. The van der Waals surface area contributed by atoms with Crippen molar-refractivity contribution in [2.75, 3.05) is 6.54 Å². The maximum Gasteiger partial charge on any atom is 0.256 e. The van der Waals surface area contributed by atoms with Crippen LogP contribution in [0.5, 0.6) is 0 Å². The molecule has 2 aromatic rings. The highest BCUT2D eigenvalue weighted by Gasteiger charge is 2.12. The second-order valence-electron chi connectivity index (χ2n) is 3.84. The largest absolute Gasteiger partial charge is 0.367 e. The molecule has 0 fully saturated rings. The second kappa shape index (κ2) is 5.92. The number of H-pyrrole nitrogens is 1. The number of aromatic amines is 1. The van der Waals surface area contributed by atoms with E-state index in [0.717, 1.165) is 23.9 Å². The lowest BCUT2D eigenvalue weighted by molar-refractivity contribution is -0.119. The van der Waals surface area contributed by atoms with Gasteiger partial charge < -0.3 is 5.73 Å². The van der Waals surface area contributed by atoms with E-state index in [-0.39, 0.29) is 0 Å². The fourth-order valence-electron chi connectivity index (χ4n) is 1.57. The van der Waals surface area contributed by atoms with Gasteiger partial charge in [-0.1, -0.05) is 18.2 Å². The molecule has 1 atom stereocenters. The van der Waals surface area contributed by atoms with Crippen molar-refractivity contribution in [2.24, 2.45) is 10.7 Å². The summed E-state index contributed by atoms with van der Waals surface area (Å²) in [5.74, 6) is -0.411. The number of nitrogens with one attached hydrogen (secondary N) is 2. The first-order chi connectivity index (χ1) is 8.77. The number of carbonyl (C=O) groups is 1. The van der Waals surface area contributed by atoms with Gasteiger partial charge in [0, 0.05) is 18.1 Å². The van der Waals surface area contributed by atoms with Crippen molar-refractivity contribution in [2.45, 2.75) is 12.6 Å². The van der Waals surface area contributed by atoms with E-state index in [4.69, 9.17) is 5.73 Å². The van der Waals surface area contributed by atoms with Gasteiger partial charge in [-0.05, 0) is 12.5 Å². The number of carbonyl (C=O) groups excluding carboxylic acids is 1. The third-order valence-electron chi connectivity index (χ3n) is 2.48. The van der Waals surface area contributed by atoms with Gasteiger partial charge in [-0.15, -0.1) is 0 Å². The monoisotopic (exact) mass is 245 g/mol. The van der Waals surface area contributed by atoms with Crippen molar-refractivity contribution in [3.63, 3.8) is 0 Å². The Balaban J connectivity index is 0.000000134. The van der Waals surface area contributed by atoms with Crippen molar-refractivity contribution < 1.29 is 4.79 Å². The van der Waals surface area contributed by atoms with Gasteiger partial charge in [-0.25, -0.2) is 0 Å². The number of aliphatic imine (C=N–C) groups is 1. The number of primary amides is 1. The standard InChI is InChI=1S/C7H6N2.C5H9N3O/c1-2-4-7-6(3-1)5-8-9-7;6-4(9)5-7-2-1-3-8-5/h1-5H,(H,8,9);2,5,8H,1,3H2,(H2,6,9). The number of rotatable bonds is 1. The molecule has 6 heteroatoms. The average molecular weight is 245 g/mol. The minimum Gasteiger partial charge on any atom is -0.367 e. The van der Waals surface area contributed by atoms with E-state index in [1.54, 1.807) is 6.21 Å². The van der Waals surface area contributed by atoms with Crippen LogP contribution in [-0.2, 0) is 4.79 Å². The minimum absolute atomic E-state index is 0.411.